The number of benzene rings is 2. The molecule has 0 aromatic heterocycles. The first-order chi connectivity index (χ1) is 12.4. The molecule has 0 saturated carbocycles. The highest BCUT2D eigenvalue weighted by molar-refractivity contribution is 6.99. The number of hydrogen-bond acceptors (Lipinski definition) is 2. The van der Waals surface area contributed by atoms with Gasteiger partial charge in [0.25, 0.3) is 8.32 Å². The molecular weight excluding hydrogens is 336 g/mol. The van der Waals surface area contributed by atoms with Crippen molar-refractivity contribution in [1.82, 2.24) is 0 Å². The molecule has 0 amide bonds. The Hall–Kier alpha value is -1.68. The summed E-state index contributed by atoms with van der Waals surface area (Å²) >= 11 is 0. The second-order valence-electron chi connectivity index (χ2n) is 7.82. The van der Waals surface area contributed by atoms with E-state index in [4.69, 9.17) is 9.53 Å². The minimum Gasteiger partial charge on any atom is -0.405 e. The van der Waals surface area contributed by atoms with Crippen LogP contribution in [-0.2, 0) is 4.43 Å². The van der Waals surface area contributed by atoms with E-state index in [0.717, 1.165) is 12.8 Å². The molecule has 0 saturated heterocycles. The van der Waals surface area contributed by atoms with E-state index < -0.39 is 8.32 Å². The summed E-state index contributed by atoms with van der Waals surface area (Å²) in [5.41, 5.74) is 0. The number of hydrogen-bond donors (Lipinski definition) is 1. The molecule has 2 rings (SSSR count). The summed E-state index contributed by atoms with van der Waals surface area (Å²) in [4.78, 5) is 0. The number of rotatable bonds is 8. The zero-order valence-corrected chi connectivity index (χ0v) is 17.5. The zero-order valence-electron chi connectivity index (χ0n) is 16.5. The molecule has 3 heteroatoms. The fraction of sp³-hybridized carbons (Fsp3) is 0.391. The van der Waals surface area contributed by atoms with E-state index in [-0.39, 0.29) is 17.7 Å². The highest BCUT2D eigenvalue weighted by Crippen LogP contribution is 2.37. The highest BCUT2D eigenvalue weighted by atomic mass is 28.4. The average molecular weight is 369 g/mol. The van der Waals surface area contributed by atoms with Crippen molar-refractivity contribution in [2.24, 2.45) is 0 Å². The van der Waals surface area contributed by atoms with Crippen molar-refractivity contribution in [3.8, 4) is 0 Å². The predicted molar refractivity (Wildman–Crippen MR) is 114 cm³/mol. The Morgan fingerprint density at radius 2 is 1.42 bits per heavy atom. The van der Waals surface area contributed by atoms with E-state index in [2.05, 4.69) is 88.4 Å². The van der Waals surface area contributed by atoms with Crippen molar-refractivity contribution in [3.63, 3.8) is 0 Å². The van der Waals surface area contributed by atoms with E-state index >= 15 is 0 Å². The molecule has 0 aliphatic carbocycles. The van der Waals surface area contributed by atoms with Crippen LogP contribution >= 0.6 is 0 Å². The van der Waals surface area contributed by atoms with Crippen molar-refractivity contribution in [3.05, 3.63) is 72.8 Å². The van der Waals surface area contributed by atoms with Crippen molar-refractivity contribution in [2.75, 3.05) is 6.61 Å². The topological polar surface area (TPSA) is 29.5 Å². The van der Waals surface area contributed by atoms with Crippen LogP contribution in [0, 0.1) is 0 Å². The van der Waals surface area contributed by atoms with Gasteiger partial charge in [-0.05, 0) is 35.2 Å². The van der Waals surface area contributed by atoms with Crippen LogP contribution in [0.5, 0.6) is 0 Å². The zero-order chi connectivity index (χ0) is 19.0. The maximum atomic E-state index is 8.91. The summed E-state index contributed by atoms with van der Waals surface area (Å²) in [6.07, 6.45) is 5.84. The molecule has 0 aliphatic heterocycles. The number of allylic oxidation sites excluding steroid dienone is 1. The van der Waals surface area contributed by atoms with Gasteiger partial charge in [0.2, 0.25) is 0 Å². The van der Waals surface area contributed by atoms with Crippen LogP contribution < -0.4 is 10.4 Å². The molecule has 140 valence electrons. The van der Waals surface area contributed by atoms with E-state index in [1.165, 1.54) is 10.4 Å². The van der Waals surface area contributed by atoms with Crippen LogP contribution in [0.1, 0.15) is 40.5 Å². The molecule has 2 nitrogen and oxygen atoms in total. The first-order valence-corrected chi connectivity index (χ1v) is 11.4. The first kappa shape index (κ1) is 20.6. The molecule has 2 aromatic carbocycles. The molecule has 26 heavy (non-hydrogen) atoms. The molecule has 2 aromatic rings. The lowest BCUT2D eigenvalue weighted by Crippen LogP contribution is -2.67. The number of aliphatic hydroxyl groups excluding tert-OH is 1. The Morgan fingerprint density at radius 3 is 1.85 bits per heavy atom. The largest absolute Gasteiger partial charge is 0.405 e. The van der Waals surface area contributed by atoms with Gasteiger partial charge in [-0.15, -0.1) is 0 Å². The van der Waals surface area contributed by atoms with Crippen LogP contribution in [0.3, 0.4) is 0 Å². The minimum absolute atomic E-state index is 0.00487. The summed E-state index contributed by atoms with van der Waals surface area (Å²) in [7, 11) is -2.45. The van der Waals surface area contributed by atoms with Gasteiger partial charge in [0.15, 0.2) is 0 Å². The van der Waals surface area contributed by atoms with Crippen LogP contribution in [0.2, 0.25) is 5.04 Å². The number of aliphatic hydroxyl groups is 1. The third-order valence-corrected chi connectivity index (χ3v) is 9.97. The van der Waals surface area contributed by atoms with Crippen molar-refractivity contribution in [1.29, 1.82) is 0 Å². The Labute approximate surface area is 159 Å². The predicted octanol–water partition coefficient (Wildman–Crippen LogP) is 4.28. The fourth-order valence-corrected chi connectivity index (χ4v) is 8.31. The molecule has 0 unspecified atom stereocenters. The van der Waals surface area contributed by atoms with Crippen LogP contribution in [0.25, 0.3) is 0 Å². The van der Waals surface area contributed by atoms with Gasteiger partial charge in [-0.25, -0.2) is 0 Å². The molecular formula is C23H32O2Si. The minimum atomic E-state index is -2.45. The van der Waals surface area contributed by atoms with Gasteiger partial charge in [-0.1, -0.05) is 93.6 Å². The molecule has 1 atom stereocenters. The van der Waals surface area contributed by atoms with Crippen LogP contribution in [-0.4, -0.2) is 26.1 Å². The molecule has 0 heterocycles. The summed E-state index contributed by atoms with van der Waals surface area (Å²) in [6.45, 7) is 9.18. The van der Waals surface area contributed by atoms with Gasteiger partial charge in [0.05, 0.1) is 6.61 Å². The van der Waals surface area contributed by atoms with Crippen LogP contribution in [0.15, 0.2) is 72.8 Å². The summed E-state index contributed by atoms with van der Waals surface area (Å²) < 4.78 is 7.00. The maximum absolute atomic E-state index is 8.91. The van der Waals surface area contributed by atoms with Gasteiger partial charge < -0.3 is 9.53 Å². The normalized spacial score (nSPS) is 13.9. The third-order valence-electron chi connectivity index (χ3n) is 4.81. The van der Waals surface area contributed by atoms with Crippen molar-refractivity contribution < 1.29 is 9.53 Å². The quantitative estimate of drug-likeness (QED) is 0.557. The lowest BCUT2D eigenvalue weighted by Gasteiger charge is -2.44. The molecule has 0 spiro atoms. The lowest BCUT2D eigenvalue weighted by atomic mass is 10.2. The van der Waals surface area contributed by atoms with E-state index in [1.54, 1.807) is 6.08 Å². The molecule has 0 aliphatic rings. The lowest BCUT2D eigenvalue weighted by molar-refractivity contribution is 0.197. The van der Waals surface area contributed by atoms with E-state index in [1.807, 2.05) is 6.08 Å². The first-order valence-electron chi connectivity index (χ1n) is 9.46. The third kappa shape index (κ3) is 4.73. The van der Waals surface area contributed by atoms with Crippen molar-refractivity contribution in [2.45, 2.75) is 51.7 Å². The van der Waals surface area contributed by atoms with Crippen LogP contribution in [0.4, 0.5) is 0 Å². The SMILES string of the molecule is C[C@@H](CC/C=C/CO)O[Si](c1ccccc1)(c1ccccc1)C(C)(C)C. The molecule has 0 bridgehead atoms. The Bertz CT molecular complexity index is 635. The fourth-order valence-electron chi connectivity index (χ4n) is 3.58. The monoisotopic (exact) mass is 368 g/mol. The standard InChI is InChI=1S/C23H32O2Si/c1-20(14-8-7-13-19-24)25-26(23(2,3)4,21-15-9-5-10-16-21)22-17-11-6-12-18-22/h5-7,9-13,15-18,20,24H,8,14,19H2,1-4H3/b13-7+/t20-/m0/s1. The van der Waals surface area contributed by atoms with Gasteiger partial charge in [0, 0.05) is 6.10 Å². The average Bonchev–Trinajstić information content (AvgIpc) is 2.64. The maximum Gasteiger partial charge on any atom is 0.261 e. The Morgan fingerprint density at radius 1 is 0.923 bits per heavy atom. The molecule has 0 fully saturated rings. The van der Waals surface area contributed by atoms with Gasteiger partial charge in [0.1, 0.15) is 0 Å². The molecule has 1 N–H and O–H groups in total. The summed E-state index contributed by atoms with van der Waals surface area (Å²) in [5.74, 6) is 0. The molecule has 0 radical (unpaired) electrons. The van der Waals surface area contributed by atoms with Gasteiger partial charge in [-0.2, -0.15) is 0 Å². The van der Waals surface area contributed by atoms with Gasteiger partial charge >= 0.3 is 0 Å². The Balaban J connectivity index is 2.45. The van der Waals surface area contributed by atoms with Gasteiger partial charge in [-0.3, -0.25) is 0 Å². The second-order valence-corrected chi connectivity index (χ2v) is 12.1. The second kappa shape index (κ2) is 9.31. The summed E-state index contributed by atoms with van der Waals surface area (Å²) in [5, 5.41) is 11.5. The smallest absolute Gasteiger partial charge is 0.261 e. The Kier molecular flexibility index (Phi) is 7.39. The summed E-state index contributed by atoms with van der Waals surface area (Å²) in [6, 6.07) is 21.5. The van der Waals surface area contributed by atoms with E-state index in [0.29, 0.717) is 0 Å². The highest BCUT2D eigenvalue weighted by Gasteiger charge is 2.50. The van der Waals surface area contributed by atoms with Crippen molar-refractivity contribution >= 4 is 18.7 Å². The van der Waals surface area contributed by atoms with E-state index in [9.17, 15) is 0 Å².